The molecule has 0 aliphatic carbocycles. The maximum absolute atomic E-state index is 14.3. The number of carbonyl (C=O) groups is 3. The van der Waals surface area contributed by atoms with E-state index < -0.39 is 22.9 Å². The third kappa shape index (κ3) is 9.56. The number of benzene rings is 2. The number of aryl methyl sites for hydroxylation is 2. The molecule has 3 amide bonds. The zero-order chi connectivity index (χ0) is 36.0. The lowest BCUT2D eigenvalue weighted by Gasteiger charge is -2.40. The van der Waals surface area contributed by atoms with Gasteiger partial charge in [-0.25, -0.2) is 0 Å². The molecule has 264 valence electrons. The van der Waals surface area contributed by atoms with Gasteiger partial charge in [-0.15, -0.1) is 0 Å². The lowest BCUT2D eigenvalue weighted by molar-refractivity contribution is -0.141. The topological polar surface area (TPSA) is 85.0 Å². The molecule has 3 rings (SSSR count). The Labute approximate surface area is 290 Å². The van der Waals surface area contributed by atoms with Crippen molar-refractivity contribution in [3.05, 3.63) is 82.4 Å². The highest BCUT2D eigenvalue weighted by molar-refractivity contribution is 5.94. The van der Waals surface area contributed by atoms with Crippen LogP contribution in [0.4, 0.5) is 0 Å². The van der Waals surface area contributed by atoms with Crippen molar-refractivity contribution in [2.75, 3.05) is 40.3 Å². The molecule has 1 saturated heterocycles. The first-order valence-corrected chi connectivity index (χ1v) is 17.4. The minimum absolute atomic E-state index is 0.00645. The van der Waals surface area contributed by atoms with Crippen LogP contribution >= 0.6 is 0 Å². The Hall–Kier alpha value is -3.49. The molecule has 0 bridgehead atoms. The van der Waals surface area contributed by atoms with Crippen molar-refractivity contribution in [1.82, 2.24) is 25.3 Å². The summed E-state index contributed by atoms with van der Waals surface area (Å²) in [6, 6.07) is 15.0. The molecule has 0 spiro atoms. The van der Waals surface area contributed by atoms with E-state index in [1.165, 1.54) is 16.7 Å². The first kappa shape index (κ1) is 39.0. The average molecular weight is 660 g/mol. The van der Waals surface area contributed by atoms with Crippen LogP contribution in [0.5, 0.6) is 0 Å². The van der Waals surface area contributed by atoms with Gasteiger partial charge in [0.2, 0.25) is 17.7 Å². The fraction of sp³-hybridized carbons (Fsp3) is 0.575. The van der Waals surface area contributed by atoms with Crippen LogP contribution in [0.25, 0.3) is 0 Å². The monoisotopic (exact) mass is 659 g/mol. The van der Waals surface area contributed by atoms with Crippen molar-refractivity contribution in [2.45, 2.75) is 99.3 Å². The maximum Gasteiger partial charge on any atom is 0.249 e. The summed E-state index contributed by atoms with van der Waals surface area (Å²) in [6.45, 7) is 24.0. The molecule has 1 aliphatic heterocycles. The highest BCUT2D eigenvalue weighted by Crippen LogP contribution is 2.30. The van der Waals surface area contributed by atoms with Gasteiger partial charge in [0.25, 0.3) is 0 Å². The molecule has 0 radical (unpaired) electrons. The molecule has 48 heavy (non-hydrogen) atoms. The smallest absolute Gasteiger partial charge is 0.249 e. The zero-order valence-electron chi connectivity index (χ0n) is 31.6. The number of carbonyl (C=O) groups excluding carboxylic acids is 3. The first-order valence-electron chi connectivity index (χ1n) is 17.4. The highest BCUT2D eigenvalue weighted by Gasteiger charge is 2.42. The van der Waals surface area contributed by atoms with Gasteiger partial charge in [-0.3, -0.25) is 19.3 Å². The fourth-order valence-electron chi connectivity index (χ4n) is 6.63. The standard InChI is InChI=1S/C40H61N5O3/c1-27(2)33(25-30(5)37(47)45-22-20-44(21-23-45)26-31-16-14-13-15-17-31)43(12)38(48)35(39(6,7)8)42-36(46)34(41-11)40(9,10)32-19-18-28(3)29(4)24-32/h13-19,24-25,27,33-35,41H,20-23,26H2,1-12H3,(H,42,46)/b30-25+/t33-,34-,35-/m1/s1. The second kappa shape index (κ2) is 16.3. The van der Waals surface area contributed by atoms with Gasteiger partial charge >= 0.3 is 0 Å². The predicted molar refractivity (Wildman–Crippen MR) is 197 cm³/mol. The number of nitrogens with zero attached hydrogens (tertiary/aromatic N) is 3. The van der Waals surface area contributed by atoms with Crippen molar-refractivity contribution >= 4 is 17.7 Å². The van der Waals surface area contributed by atoms with E-state index in [4.69, 9.17) is 0 Å². The minimum Gasteiger partial charge on any atom is -0.342 e. The van der Waals surface area contributed by atoms with E-state index in [-0.39, 0.29) is 29.7 Å². The number of amides is 3. The first-order chi connectivity index (χ1) is 22.4. The van der Waals surface area contributed by atoms with Crippen LogP contribution in [0.1, 0.15) is 77.6 Å². The van der Waals surface area contributed by atoms with Gasteiger partial charge in [0.1, 0.15) is 6.04 Å². The summed E-state index contributed by atoms with van der Waals surface area (Å²) in [7, 11) is 3.57. The molecule has 8 nitrogen and oxygen atoms in total. The fourth-order valence-corrected chi connectivity index (χ4v) is 6.63. The molecule has 2 aromatic carbocycles. The van der Waals surface area contributed by atoms with Gasteiger partial charge in [0.05, 0.1) is 12.1 Å². The van der Waals surface area contributed by atoms with Crippen LogP contribution in [-0.4, -0.2) is 90.8 Å². The molecule has 2 N–H and O–H groups in total. The summed E-state index contributed by atoms with van der Waals surface area (Å²) in [4.78, 5) is 47.9. The summed E-state index contributed by atoms with van der Waals surface area (Å²) in [5.74, 6) is -0.349. The van der Waals surface area contributed by atoms with Crippen molar-refractivity contribution in [1.29, 1.82) is 0 Å². The van der Waals surface area contributed by atoms with E-state index in [0.717, 1.165) is 25.2 Å². The zero-order valence-corrected chi connectivity index (χ0v) is 31.6. The van der Waals surface area contributed by atoms with Gasteiger partial charge < -0.3 is 20.4 Å². The van der Waals surface area contributed by atoms with Gasteiger partial charge in [-0.05, 0) is 61.4 Å². The maximum atomic E-state index is 14.3. The number of hydrogen-bond acceptors (Lipinski definition) is 5. The van der Waals surface area contributed by atoms with Gasteiger partial charge in [-0.2, -0.15) is 0 Å². The van der Waals surface area contributed by atoms with Gasteiger partial charge in [-0.1, -0.05) is 103 Å². The number of nitrogens with one attached hydrogen (secondary N) is 2. The third-order valence-corrected chi connectivity index (χ3v) is 10.1. The number of piperazine rings is 1. The molecule has 0 aromatic heterocycles. The molecule has 2 aromatic rings. The number of hydrogen-bond donors (Lipinski definition) is 2. The quantitative estimate of drug-likeness (QED) is 0.295. The second-order valence-electron chi connectivity index (χ2n) is 15.6. The van der Waals surface area contributed by atoms with Crippen LogP contribution in [-0.2, 0) is 26.3 Å². The van der Waals surface area contributed by atoms with Crippen molar-refractivity contribution in [3.8, 4) is 0 Å². The minimum atomic E-state index is -0.773. The molecule has 0 unspecified atom stereocenters. The van der Waals surface area contributed by atoms with E-state index in [2.05, 4.69) is 99.5 Å². The molecule has 1 fully saturated rings. The van der Waals surface area contributed by atoms with E-state index in [0.29, 0.717) is 18.7 Å². The van der Waals surface area contributed by atoms with Crippen LogP contribution in [0.2, 0.25) is 0 Å². The van der Waals surface area contributed by atoms with Crippen LogP contribution in [0.15, 0.2) is 60.2 Å². The Morgan fingerprint density at radius 3 is 2.02 bits per heavy atom. The average Bonchev–Trinajstić information content (AvgIpc) is 3.03. The summed E-state index contributed by atoms with van der Waals surface area (Å²) < 4.78 is 0. The van der Waals surface area contributed by atoms with Crippen LogP contribution in [0, 0.1) is 25.2 Å². The Kier molecular flexibility index (Phi) is 13.2. The molecular formula is C40H61N5O3. The van der Waals surface area contributed by atoms with E-state index >= 15 is 0 Å². The molecule has 1 heterocycles. The molecule has 1 aliphatic rings. The summed E-state index contributed by atoms with van der Waals surface area (Å²) >= 11 is 0. The number of rotatable bonds is 12. The van der Waals surface area contributed by atoms with Gasteiger partial charge in [0.15, 0.2) is 0 Å². The summed E-state index contributed by atoms with van der Waals surface area (Å²) in [5, 5.41) is 6.37. The molecular weight excluding hydrogens is 598 g/mol. The van der Waals surface area contributed by atoms with Gasteiger partial charge in [0, 0.05) is 50.8 Å². The Morgan fingerprint density at radius 1 is 0.896 bits per heavy atom. The Morgan fingerprint density at radius 2 is 1.50 bits per heavy atom. The largest absolute Gasteiger partial charge is 0.342 e. The Bertz CT molecular complexity index is 1430. The van der Waals surface area contributed by atoms with E-state index in [1.807, 2.05) is 44.7 Å². The lowest BCUT2D eigenvalue weighted by Crippen LogP contribution is -2.61. The van der Waals surface area contributed by atoms with Crippen molar-refractivity contribution in [2.24, 2.45) is 11.3 Å². The highest BCUT2D eigenvalue weighted by atomic mass is 16.2. The second-order valence-corrected chi connectivity index (χ2v) is 15.6. The molecule has 3 atom stereocenters. The molecule has 0 saturated carbocycles. The lowest BCUT2D eigenvalue weighted by atomic mass is 9.76. The molecule has 8 heteroatoms. The summed E-state index contributed by atoms with van der Waals surface area (Å²) in [6.07, 6.45) is 1.93. The van der Waals surface area contributed by atoms with Crippen LogP contribution < -0.4 is 10.6 Å². The normalized spacial score (nSPS) is 16.8. The van der Waals surface area contributed by atoms with Crippen molar-refractivity contribution in [3.63, 3.8) is 0 Å². The predicted octanol–water partition coefficient (Wildman–Crippen LogP) is 5.47. The third-order valence-electron chi connectivity index (χ3n) is 10.1. The van der Waals surface area contributed by atoms with Crippen LogP contribution in [0.3, 0.4) is 0 Å². The van der Waals surface area contributed by atoms with Crippen molar-refractivity contribution < 1.29 is 14.4 Å². The SMILES string of the molecule is CN[C@H](C(=O)N[C@H](C(=O)N(C)[C@H](/C=C(\C)C(=O)N1CCN(Cc2ccccc2)CC1)C(C)C)C(C)(C)C)C(C)(C)c1ccc(C)c(C)c1. The van der Waals surface area contributed by atoms with E-state index in [9.17, 15) is 14.4 Å². The number of likely N-dealkylation sites (N-methyl/N-ethyl adjacent to an activating group) is 2. The summed E-state index contributed by atoms with van der Waals surface area (Å²) in [5.41, 5.74) is 4.24. The Balaban J connectivity index is 1.75. The van der Waals surface area contributed by atoms with E-state index in [1.54, 1.807) is 19.0 Å².